The average Bonchev–Trinajstić information content (AvgIpc) is 2.72. The fourth-order valence-corrected chi connectivity index (χ4v) is 2.70. The van der Waals surface area contributed by atoms with Crippen LogP contribution in [0, 0.1) is 0 Å². The van der Waals surface area contributed by atoms with E-state index < -0.39 is 17.5 Å². The Bertz CT molecular complexity index is 979. The number of anilines is 1. The maximum absolute atomic E-state index is 12.6. The topological polar surface area (TPSA) is 37.4 Å². The Morgan fingerprint density at radius 1 is 0.714 bits per heavy atom. The molecule has 0 aliphatic carbocycles. The SMILES string of the molecule is CN(C(=O)c1ccc(C(=O)c2ccc(C(F)(F)F)cc2)cc1)c1ccccc1. The summed E-state index contributed by atoms with van der Waals surface area (Å²) in [6.07, 6.45) is -4.45. The molecule has 0 aromatic heterocycles. The van der Waals surface area contributed by atoms with Gasteiger partial charge in [0.25, 0.3) is 5.91 Å². The van der Waals surface area contributed by atoms with E-state index in [-0.39, 0.29) is 11.5 Å². The molecule has 3 aromatic rings. The summed E-state index contributed by atoms with van der Waals surface area (Å²) in [6, 6.07) is 19.2. The highest BCUT2D eigenvalue weighted by molar-refractivity contribution is 6.10. The van der Waals surface area contributed by atoms with Gasteiger partial charge in [0.2, 0.25) is 0 Å². The molecule has 0 atom stereocenters. The molecule has 3 rings (SSSR count). The van der Waals surface area contributed by atoms with Crippen LogP contribution in [0.25, 0.3) is 0 Å². The fourth-order valence-electron chi connectivity index (χ4n) is 2.70. The highest BCUT2D eigenvalue weighted by atomic mass is 19.4. The highest BCUT2D eigenvalue weighted by Crippen LogP contribution is 2.29. The van der Waals surface area contributed by atoms with Gasteiger partial charge in [-0.2, -0.15) is 13.2 Å². The molecule has 0 fully saturated rings. The number of rotatable bonds is 4. The van der Waals surface area contributed by atoms with Crippen LogP contribution in [0.1, 0.15) is 31.8 Å². The molecule has 0 heterocycles. The van der Waals surface area contributed by atoms with E-state index >= 15 is 0 Å². The van der Waals surface area contributed by atoms with Crippen molar-refractivity contribution in [3.8, 4) is 0 Å². The Labute approximate surface area is 160 Å². The van der Waals surface area contributed by atoms with Gasteiger partial charge in [0, 0.05) is 29.4 Å². The molecule has 0 spiro atoms. The minimum absolute atomic E-state index is 0.147. The number of ketones is 1. The van der Waals surface area contributed by atoms with Gasteiger partial charge >= 0.3 is 6.18 Å². The van der Waals surface area contributed by atoms with Gasteiger partial charge in [-0.3, -0.25) is 9.59 Å². The summed E-state index contributed by atoms with van der Waals surface area (Å²) in [5, 5.41) is 0. The highest BCUT2D eigenvalue weighted by Gasteiger charge is 2.30. The smallest absolute Gasteiger partial charge is 0.311 e. The lowest BCUT2D eigenvalue weighted by Crippen LogP contribution is -2.26. The lowest BCUT2D eigenvalue weighted by Gasteiger charge is -2.17. The van der Waals surface area contributed by atoms with Crippen LogP contribution in [0.5, 0.6) is 0 Å². The van der Waals surface area contributed by atoms with Crippen molar-refractivity contribution in [1.82, 2.24) is 0 Å². The predicted molar refractivity (Wildman–Crippen MR) is 100 cm³/mol. The van der Waals surface area contributed by atoms with E-state index in [1.54, 1.807) is 19.2 Å². The van der Waals surface area contributed by atoms with E-state index in [1.807, 2.05) is 18.2 Å². The lowest BCUT2D eigenvalue weighted by atomic mass is 10.0. The number of alkyl halides is 3. The van der Waals surface area contributed by atoms with Crippen molar-refractivity contribution in [2.45, 2.75) is 6.18 Å². The van der Waals surface area contributed by atoms with E-state index in [1.165, 1.54) is 29.2 Å². The number of hydrogen-bond acceptors (Lipinski definition) is 2. The molecular weight excluding hydrogens is 367 g/mol. The van der Waals surface area contributed by atoms with Crippen LogP contribution in [0.15, 0.2) is 78.9 Å². The van der Waals surface area contributed by atoms with Crippen LogP contribution in [0.2, 0.25) is 0 Å². The number of hydrogen-bond donors (Lipinski definition) is 0. The van der Waals surface area contributed by atoms with Crippen molar-refractivity contribution >= 4 is 17.4 Å². The van der Waals surface area contributed by atoms with Gasteiger partial charge in [0.15, 0.2) is 5.78 Å². The van der Waals surface area contributed by atoms with E-state index in [0.29, 0.717) is 11.1 Å². The largest absolute Gasteiger partial charge is 0.416 e. The number of carbonyl (C=O) groups excluding carboxylic acids is 2. The molecule has 0 saturated carbocycles. The minimum atomic E-state index is -4.45. The molecule has 0 aliphatic heterocycles. The average molecular weight is 383 g/mol. The van der Waals surface area contributed by atoms with Crippen LogP contribution in [0.4, 0.5) is 18.9 Å². The third kappa shape index (κ3) is 4.11. The Morgan fingerprint density at radius 2 is 1.18 bits per heavy atom. The fraction of sp³-hybridized carbons (Fsp3) is 0.0909. The van der Waals surface area contributed by atoms with E-state index in [4.69, 9.17) is 0 Å². The first-order chi connectivity index (χ1) is 13.3. The second-order valence-electron chi connectivity index (χ2n) is 6.18. The van der Waals surface area contributed by atoms with E-state index in [2.05, 4.69) is 0 Å². The van der Waals surface area contributed by atoms with Crippen molar-refractivity contribution in [3.05, 3.63) is 101 Å². The number of benzene rings is 3. The van der Waals surface area contributed by atoms with E-state index in [0.717, 1.165) is 30.0 Å². The summed E-state index contributed by atoms with van der Waals surface area (Å²) >= 11 is 0. The summed E-state index contributed by atoms with van der Waals surface area (Å²) in [6.45, 7) is 0. The first-order valence-electron chi connectivity index (χ1n) is 8.42. The first kappa shape index (κ1) is 19.4. The van der Waals surface area contributed by atoms with Gasteiger partial charge < -0.3 is 4.90 Å². The van der Waals surface area contributed by atoms with Crippen LogP contribution in [0.3, 0.4) is 0 Å². The predicted octanol–water partition coefficient (Wildman–Crippen LogP) is 5.21. The number of amides is 1. The Morgan fingerprint density at radius 3 is 1.68 bits per heavy atom. The van der Waals surface area contributed by atoms with Crippen LogP contribution < -0.4 is 4.90 Å². The minimum Gasteiger partial charge on any atom is -0.311 e. The number of halogens is 3. The van der Waals surface area contributed by atoms with Crippen molar-refractivity contribution in [1.29, 1.82) is 0 Å². The Kier molecular flexibility index (Phi) is 5.31. The molecule has 1 amide bonds. The molecule has 0 bridgehead atoms. The standard InChI is InChI=1S/C22H16F3NO2/c1-26(19-5-3-2-4-6-19)21(28)17-9-7-15(8-10-17)20(27)16-11-13-18(14-12-16)22(23,24)25/h2-14H,1H3. The monoisotopic (exact) mass is 383 g/mol. The zero-order valence-corrected chi connectivity index (χ0v) is 14.9. The summed E-state index contributed by atoms with van der Waals surface area (Å²) in [4.78, 5) is 26.5. The van der Waals surface area contributed by atoms with Gasteiger partial charge in [-0.15, -0.1) is 0 Å². The van der Waals surface area contributed by atoms with Crippen molar-refractivity contribution in [2.75, 3.05) is 11.9 Å². The number of carbonyl (C=O) groups is 2. The zero-order chi connectivity index (χ0) is 20.3. The molecule has 0 unspecified atom stereocenters. The van der Waals surface area contributed by atoms with Crippen LogP contribution in [-0.2, 0) is 6.18 Å². The molecule has 3 nitrogen and oxygen atoms in total. The van der Waals surface area contributed by atoms with Crippen LogP contribution >= 0.6 is 0 Å². The summed E-state index contributed by atoms with van der Waals surface area (Å²) < 4.78 is 37.9. The van der Waals surface area contributed by atoms with Crippen molar-refractivity contribution in [3.63, 3.8) is 0 Å². The summed E-state index contributed by atoms with van der Waals surface area (Å²) in [5.41, 5.74) is 0.758. The molecule has 0 aliphatic rings. The van der Waals surface area contributed by atoms with E-state index in [9.17, 15) is 22.8 Å². The maximum atomic E-state index is 12.6. The van der Waals surface area contributed by atoms with Crippen molar-refractivity contribution < 1.29 is 22.8 Å². The molecular formula is C22H16F3NO2. The second-order valence-corrected chi connectivity index (χ2v) is 6.18. The molecule has 0 radical (unpaired) electrons. The third-order valence-electron chi connectivity index (χ3n) is 4.32. The number of nitrogens with zero attached hydrogens (tertiary/aromatic N) is 1. The quantitative estimate of drug-likeness (QED) is 0.580. The molecule has 0 N–H and O–H groups in total. The summed E-state index contributed by atoms with van der Waals surface area (Å²) in [7, 11) is 1.65. The second kappa shape index (κ2) is 7.68. The molecule has 6 heteroatoms. The Hall–Kier alpha value is -3.41. The molecule has 28 heavy (non-hydrogen) atoms. The number of para-hydroxylation sites is 1. The van der Waals surface area contributed by atoms with Gasteiger partial charge in [0.05, 0.1) is 5.56 Å². The first-order valence-corrected chi connectivity index (χ1v) is 8.42. The third-order valence-corrected chi connectivity index (χ3v) is 4.32. The van der Waals surface area contributed by atoms with Gasteiger partial charge in [-0.25, -0.2) is 0 Å². The normalized spacial score (nSPS) is 11.1. The lowest BCUT2D eigenvalue weighted by molar-refractivity contribution is -0.137. The van der Waals surface area contributed by atoms with Gasteiger partial charge in [-0.1, -0.05) is 42.5 Å². The van der Waals surface area contributed by atoms with Crippen LogP contribution in [-0.4, -0.2) is 18.7 Å². The Balaban J connectivity index is 1.77. The van der Waals surface area contributed by atoms with Gasteiger partial charge in [-0.05, 0) is 36.4 Å². The van der Waals surface area contributed by atoms with Crippen molar-refractivity contribution in [2.24, 2.45) is 0 Å². The zero-order valence-electron chi connectivity index (χ0n) is 14.9. The maximum Gasteiger partial charge on any atom is 0.416 e. The molecule has 142 valence electrons. The summed E-state index contributed by atoms with van der Waals surface area (Å²) in [5.74, 6) is -0.649. The molecule has 3 aromatic carbocycles. The molecule has 0 saturated heterocycles. The van der Waals surface area contributed by atoms with Gasteiger partial charge in [0.1, 0.15) is 0 Å².